The van der Waals surface area contributed by atoms with Crippen molar-refractivity contribution in [2.24, 2.45) is 7.05 Å². The van der Waals surface area contributed by atoms with E-state index in [1.54, 1.807) is 7.05 Å². The van der Waals surface area contributed by atoms with Gasteiger partial charge in [-0.05, 0) is 22.3 Å². The first-order chi connectivity index (χ1) is 16.9. The number of carbonyl (C=O) groups excluding carboxylic acids is 2. The van der Waals surface area contributed by atoms with Crippen molar-refractivity contribution in [3.05, 3.63) is 71.4 Å². The van der Waals surface area contributed by atoms with Gasteiger partial charge in [0.05, 0.1) is 13.2 Å². The number of anilines is 1. The van der Waals surface area contributed by atoms with Crippen molar-refractivity contribution in [3.63, 3.8) is 0 Å². The van der Waals surface area contributed by atoms with E-state index in [1.165, 1.54) is 15.6 Å². The Kier molecular flexibility index (Phi) is 5.96. The Hall–Kier alpha value is -4.18. The zero-order valence-corrected chi connectivity index (χ0v) is 19.0. The molecule has 10 nitrogen and oxygen atoms in total. The predicted octanol–water partition coefficient (Wildman–Crippen LogP) is 2.71. The Labute approximate surface area is 201 Å². The Morgan fingerprint density at radius 2 is 1.77 bits per heavy atom. The van der Waals surface area contributed by atoms with Crippen molar-refractivity contribution in [3.8, 4) is 11.1 Å². The van der Waals surface area contributed by atoms with E-state index in [4.69, 9.17) is 14.6 Å². The van der Waals surface area contributed by atoms with E-state index in [9.17, 15) is 14.4 Å². The molecule has 5 rings (SSSR count). The highest BCUT2D eigenvalue weighted by molar-refractivity contribution is 5.94. The van der Waals surface area contributed by atoms with Crippen LogP contribution < -0.4 is 5.32 Å². The summed E-state index contributed by atoms with van der Waals surface area (Å²) >= 11 is 0. The van der Waals surface area contributed by atoms with E-state index in [0.29, 0.717) is 0 Å². The van der Waals surface area contributed by atoms with Gasteiger partial charge in [-0.2, -0.15) is 5.10 Å². The number of carbonyl (C=O) groups is 3. The van der Waals surface area contributed by atoms with Crippen LogP contribution in [-0.4, -0.2) is 70.2 Å². The number of nitrogens with one attached hydrogen (secondary N) is 1. The average molecular weight is 476 g/mol. The van der Waals surface area contributed by atoms with Crippen molar-refractivity contribution in [1.82, 2.24) is 14.7 Å². The van der Waals surface area contributed by atoms with Gasteiger partial charge in [0.2, 0.25) is 0 Å². The minimum absolute atomic E-state index is 0.0691. The zero-order valence-electron chi connectivity index (χ0n) is 19.0. The highest BCUT2D eigenvalue weighted by Gasteiger charge is 2.31. The molecule has 1 unspecified atom stereocenters. The van der Waals surface area contributed by atoms with Gasteiger partial charge in [0, 0.05) is 25.6 Å². The molecule has 35 heavy (non-hydrogen) atoms. The van der Waals surface area contributed by atoms with Crippen LogP contribution in [0.5, 0.6) is 0 Å². The second-order valence-corrected chi connectivity index (χ2v) is 8.44. The SMILES string of the molecule is Cn1nc(C(=O)N2CCOC(C(=O)O)C2)cc1NC(=O)OCC1c2ccccc2-c2ccccc21. The fraction of sp³-hybridized carbons (Fsp3) is 0.280. The number of benzene rings is 2. The molecule has 2 heterocycles. The summed E-state index contributed by atoms with van der Waals surface area (Å²) in [6.45, 7) is 0.475. The minimum Gasteiger partial charge on any atom is -0.479 e. The Morgan fingerprint density at radius 1 is 1.11 bits per heavy atom. The maximum atomic E-state index is 12.8. The Balaban J connectivity index is 1.24. The molecule has 10 heteroatoms. The third-order valence-electron chi connectivity index (χ3n) is 6.30. The van der Waals surface area contributed by atoms with E-state index in [0.717, 1.165) is 22.3 Å². The van der Waals surface area contributed by atoms with Crippen molar-refractivity contribution in [2.75, 3.05) is 31.6 Å². The molecular formula is C25H24N4O6. The molecule has 1 aliphatic carbocycles. The molecule has 1 aromatic heterocycles. The molecule has 3 aromatic rings. The molecular weight excluding hydrogens is 452 g/mol. The maximum absolute atomic E-state index is 12.8. The van der Waals surface area contributed by atoms with Crippen LogP contribution in [-0.2, 0) is 21.3 Å². The molecule has 1 fully saturated rings. The number of rotatable bonds is 5. The normalized spacial score (nSPS) is 16.9. The second kappa shape index (κ2) is 9.22. The number of ether oxygens (including phenoxy) is 2. The summed E-state index contributed by atoms with van der Waals surface area (Å²) in [6.07, 6.45) is -1.74. The Morgan fingerprint density at radius 3 is 2.43 bits per heavy atom. The van der Waals surface area contributed by atoms with Crippen LogP contribution >= 0.6 is 0 Å². The van der Waals surface area contributed by atoms with Crippen LogP contribution in [0.15, 0.2) is 54.6 Å². The minimum atomic E-state index is -1.12. The van der Waals surface area contributed by atoms with Crippen LogP contribution in [0.1, 0.15) is 27.5 Å². The van der Waals surface area contributed by atoms with Gasteiger partial charge < -0.3 is 19.5 Å². The van der Waals surface area contributed by atoms with Crippen LogP contribution in [0, 0.1) is 0 Å². The number of aryl methyl sites for hydroxylation is 1. The molecule has 2 N–H and O–H groups in total. The van der Waals surface area contributed by atoms with Crippen LogP contribution in [0.4, 0.5) is 10.6 Å². The lowest BCUT2D eigenvalue weighted by Crippen LogP contribution is -2.48. The van der Waals surface area contributed by atoms with Crippen molar-refractivity contribution >= 4 is 23.8 Å². The summed E-state index contributed by atoms with van der Waals surface area (Å²) in [5, 5.41) is 16.0. The molecule has 0 saturated carbocycles. The number of aliphatic carboxylic acids is 1. The number of amides is 2. The maximum Gasteiger partial charge on any atom is 0.412 e. The largest absolute Gasteiger partial charge is 0.479 e. The zero-order chi connectivity index (χ0) is 24.5. The summed E-state index contributed by atoms with van der Waals surface area (Å²) in [5.41, 5.74) is 4.59. The molecule has 2 aliphatic rings. The number of fused-ring (bicyclic) bond motifs is 3. The number of hydrogen-bond acceptors (Lipinski definition) is 6. The van der Waals surface area contributed by atoms with E-state index in [2.05, 4.69) is 22.5 Å². The molecule has 0 radical (unpaired) electrons. The Bertz CT molecular complexity index is 1260. The monoisotopic (exact) mass is 476 g/mol. The van der Waals surface area contributed by atoms with Crippen molar-refractivity contribution < 1.29 is 29.0 Å². The molecule has 180 valence electrons. The summed E-state index contributed by atoms with van der Waals surface area (Å²) in [6, 6.07) is 17.6. The molecule has 2 aromatic carbocycles. The highest BCUT2D eigenvalue weighted by Crippen LogP contribution is 2.44. The molecule has 1 saturated heterocycles. The summed E-state index contributed by atoms with van der Waals surface area (Å²) < 4.78 is 12.1. The van der Waals surface area contributed by atoms with Gasteiger partial charge in [-0.3, -0.25) is 14.8 Å². The van der Waals surface area contributed by atoms with Crippen molar-refractivity contribution in [2.45, 2.75) is 12.0 Å². The number of carboxylic acid groups (broad SMARTS) is 1. The number of morpholine rings is 1. The topological polar surface area (TPSA) is 123 Å². The number of aromatic nitrogens is 2. The van der Waals surface area contributed by atoms with Crippen LogP contribution in [0.2, 0.25) is 0 Å². The number of carboxylic acids is 1. The van der Waals surface area contributed by atoms with E-state index < -0.39 is 24.1 Å². The molecule has 1 aliphatic heterocycles. The van der Waals surface area contributed by atoms with Gasteiger partial charge in [-0.1, -0.05) is 48.5 Å². The second-order valence-electron chi connectivity index (χ2n) is 8.44. The summed E-state index contributed by atoms with van der Waals surface area (Å²) in [4.78, 5) is 38.0. The first-order valence-corrected chi connectivity index (χ1v) is 11.2. The average Bonchev–Trinajstić information content (AvgIpc) is 3.39. The molecule has 1 atom stereocenters. The van der Waals surface area contributed by atoms with Gasteiger partial charge in [0.1, 0.15) is 12.4 Å². The lowest BCUT2D eigenvalue weighted by atomic mass is 9.98. The van der Waals surface area contributed by atoms with Gasteiger partial charge in [-0.15, -0.1) is 0 Å². The molecule has 0 spiro atoms. The summed E-state index contributed by atoms with van der Waals surface area (Å²) in [7, 11) is 1.59. The van der Waals surface area contributed by atoms with Gasteiger partial charge >= 0.3 is 12.1 Å². The standard InChI is InChI=1S/C25H24N4O6/c1-28-22(12-20(27-28)23(30)29-10-11-34-21(13-29)24(31)32)26-25(33)35-14-19-17-8-4-2-6-15(17)16-7-3-5-9-18(16)19/h2-9,12,19,21H,10-11,13-14H2,1H3,(H,26,33)(H,31,32). The van der Waals surface area contributed by atoms with Gasteiger partial charge in [0.25, 0.3) is 5.91 Å². The number of nitrogens with zero attached hydrogens (tertiary/aromatic N) is 3. The van der Waals surface area contributed by atoms with Crippen molar-refractivity contribution in [1.29, 1.82) is 0 Å². The van der Waals surface area contributed by atoms with E-state index in [1.807, 2.05) is 36.4 Å². The third-order valence-corrected chi connectivity index (χ3v) is 6.30. The summed E-state index contributed by atoms with van der Waals surface area (Å²) in [5.74, 6) is -1.34. The smallest absolute Gasteiger partial charge is 0.412 e. The van der Waals surface area contributed by atoms with Crippen LogP contribution in [0.3, 0.4) is 0 Å². The van der Waals surface area contributed by atoms with E-state index in [-0.39, 0.29) is 43.7 Å². The third kappa shape index (κ3) is 4.35. The predicted molar refractivity (Wildman–Crippen MR) is 125 cm³/mol. The highest BCUT2D eigenvalue weighted by atomic mass is 16.5. The quantitative estimate of drug-likeness (QED) is 0.580. The van der Waals surface area contributed by atoms with Gasteiger partial charge in [0.15, 0.2) is 11.8 Å². The lowest BCUT2D eigenvalue weighted by molar-refractivity contribution is -0.154. The lowest BCUT2D eigenvalue weighted by Gasteiger charge is -2.30. The fourth-order valence-electron chi connectivity index (χ4n) is 4.57. The molecule has 2 amide bonds. The van der Waals surface area contributed by atoms with E-state index >= 15 is 0 Å². The fourth-order valence-corrected chi connectivity index (χ4v) is 4.57. The first-order valence-electron chi connectivity index (χ1n) is 11.2. The first kappa shape index (κ1) is 22.6. The van der Waals surface area contributed by atoms with Crippen LogP contribution in [0.25, 0.3) is 11.1 Å². The number of hydrogen-bond donors (Lipinski definition) is 2. The molecule has 0 bridgehead atoms. The van der Waals surface area contributed by atoms with Gasteiger partial charge in [-0.25, -0.2) is 9.59 Å².